The Morgan fingerprint density at radius 1 is 1.35 bits per heavy atom. The first-order valence-corrected chi connectivity index (χ1v) is 6.86. The molecule has 2 rings (SSSR count). The Balaban J connectivity index is 2.28. The highest BCUT2D eigenvalue weighted by Crippen LogP contribution is 2.36. The Morgan fingerprint density at radius 3 is 2.65 bits per heavy atom. The Morgan fingerprint density at radius 2 is 2.05 bits per heavy atom. The molecule has 0 spiro atoms. The summed E-state index contributed by atoms with van der Waals surface area (Å²) in [6, 6.07) is 5.42. The van der Waals surface area contributed by atoms with E-state index in [2.05, 4.69) is 0 Å². The molecular weight excluding hydrogens is 256 g/mol. The van der Waals surface area contributed by atoms with Gasteiger partial charge in [-0.3, -0.25) is 4.79 Å². The molecule has 1 aromatic carbocycles. The van der Waals surface area contributed by atoms with Crippen molar-refractivity contribution < 1.29 is 14.3 Å². The van der Waals surface area contributed by atoms with Gasteiger partial charge in [-0.25, -0.2) is 0 Å². The van der Waals surface area contributed by atoms with E-state index in [0.717, 1.165) is 24.9 Å². The molecule has 1 heterocycles. The van der Waals surface area contributed by atoms with Crippen LogP contribution in [0.15, 0.2) is 18.2 Å². The molecule has 5 heteroatoms. The van der Waals surface area contributed by atoms with E-state index in [-0.39, 0.29) is 11.9 Å². The molecule has 0 aromatic heterocycles. The van der Waals surface area contributed by atoms with Gasteiger partial charge in [0.15, 0.2) is 11.5 Å². The molecule has 1 saturated heterocycles. The zero-order chi connectivity index (χ0) is 14.7. The van der Waals surface area contributed by atoms with Crippen LogP contribution in [0.2, 0.25) is 0 Å². The third kappa shape index (κ3) is 2.72. The molecule has 5 nitrogen and oxygen atoms in total. The SMILES string of the molecule is COc1ccc(C2CCCN2C(=O)C(C)N)cc1OC. The number of benzene rings is 1. The fourth-order valence-corrected chi connectivity index (χ4v) is 2.70. The summed E-state index contributed by atoms with van der Waals surface area (Å²) in [4.78, 5) is 14.0. The molecule has 1 aromatic rings. The van der Waals surface area contributed by atoms with Gasteiger partial charge >= 0.3 is 0 Å². The van der Waals surface area contributed by atoms with Crippen molar-refractivity contribution in [1.82, 2.24) is 4.90 Å². The maximum Gasteiger partial charge on any atom is 0.239 e. The Kier molecular flexibility index (Phi) is 4.49. The number of hydrogen-bond donors (Lipinski definition) is 1. The summed E-state index contributed by atoms with van der Waals surface area (Å²) in [5, 5.41) is 0. The van der Waals surface area contributed by atoms with Crippen molar-refractivity contribution in [2.75, 3.05) is 20.8 Å². The lowest BCUT2D eigenvalue weighted by Gasteiger charge is -2.27. The minimum Gasteiger partial charge on any atom is -0.493 e. The summed E-state index contributed by atoms with van der Waals surface area (Å²) < 4.78 is 10.6. The highest BCUT2D eigenvalue weighted by atomic mass is 16.5. The second kappa shape index (κ2) is 6.13. The third-order valence-electron chi connectivity index (χ3n) is 3.72. The Labute approximate surface area is 119 Å². The monoisotopic (exact) mass is 278 g/mol. The van der Waals surface area contributed by atoms with Crippen LogP contribution in [0, 0.1) is 0 Å². The second-order valence-electron chi connectivity index (χ2n) is 5.09. The minimum atomic E-state index is -0.462. The van der Waals surface area contributed by atoms with E-state index in [1.807, 2.05) is 23.1 Å². The number of amides is 1. The fraction of sp³-hybridized carbons (Fsp3) is 0.533. The van der Waals surface area contributed by atoms with E-state index in [0.29, 0.717) is 11.5 Å². The minimum absolute atomic E-state index is 0.00212. The normalized spacial score (nSPS) is 19.8. The van der Waals surface area contributed by atoms with Gasteiger partial charge in [-0.1, -0.05) is 6.07 Å². The van der Waals surface area contributed by atoms with E-state index in [1.165, 1.54) is 0 Å². The van der Waals surface area contributed by atoms with Crippen LogP contribution in [0.3, 0.4) is 0 Å². The summed E-state index contributed by atoms with van der Waals surface area (Å²) in [5.74, 6) is 1.38. The zero-order valence-electron chi connectivity index (χ0n) is 12.3. The van der Waals surface area contributed by atoms with Crippen molar-refractivity contribution in [2.24, 2.45) is 5.73 Å². The van der Waals surface area contributed by atoms with Crippen LogP contribution < -0.4 is 15.2 Å². The van der Waals surface area contributed by atoms with Crippen LogP contribution in [0.25, 0.3) is 0 Å². The summed E-state index contributed by atoms with van der Waals surface area (Å²) in [6.07, 6.45) is 1.95. The average molecular weight is 278 g/mol. The van der Waals surface area contributed by atoms with Gasteiger partial charge in [0.25, 0.3) is 0 Å². The van der Waals surface area contributed by atoms with Crippen LogP contribution in [-0.2, 0) is 4.79 Å². The lowest BCUT2D eigenvalue weighted by atomic mass is 10.0. The molecule has 2 unspecified atom stereocenters. The highest BCUT2D eigenvalue weighted by molar-refractivity contribution is 5.82. The van der Waals surface area contributed by atoms with Gasteiger partial charge in [-0.15, -0.1) is 0 Å². The standard InChI is InChI=1S/C15H22N2O3/c1-10(16)15(18)17-8-4-5-12(17)11-6-7-13(19-2)14(9-11)20-3/h6-7,9-10,12H,4-5,8,16H2,1-3H3. The first-order valence-electron chi connectivity index (χ1n) is 6.86. The Hall–Kier alpha value is -1.75. The molecule has 1 fully saturated rings. The molecular formula is C15H22N2O3. The van der Waals surface area contributed by atoms with Gasteiger partial charge in [0.05, 0.1) is 26.3 Å². The number of methoxy groups -OCH3 is 2. The summed E-state index contributed by atoms with van der Waals surface area (Å²) >= 11 is 0. The molecule has 1 aliphatic rings. The van der Waals surface area contributed by atoms with Crippen LogP contribution in [0.1, 0.15) is 31.4 Å². The van der Waals surface area contributed by atoms with Gasteiger partial charge in [-0.2, -0.15) is 0 Å². The quantitative estimate of drug-likeness (QED) is 0.910. The van der Waals surface area contributed by atoms with Gasteiger partial charge < -0.3 is 20.1 Å². The van der Waals surface area contributed by atoms with Gasteiger partial charge in [0.1, 0.15) is 0 Å². The maximum absolute atomic E-state index is 12.2. The predicted molar refractivity (Wildman–Crippen MR) is 76.9 cm³/mol. The van der Waals surface area contributed by atoms with Crippen molar-refractivity contribution in [3.63, 3.8) is 0 Å². The molecule has 0 saturated carbocycles. The predicted octanol–water partition coefficient (Wildman–Crippen LogP) is 1.71. The zero-order valence-corrected chi connectivity index (χ0v) is 12.3. The smallest absolute Gasteiger partial charge is 0.239 e. The molecule has 2 atom stereocenters. The van der Waals surface area contributed by atoms with E-state index in [1.54, 1.807) is 21.1 Å². The Bertz CT molecular complexity index is 488. The van der Waals surface area contributed by atoms with Gasteiger partial charge in [-0.05, 0) is 37.5 Å². The summed E-state index contributed by atoms with van der Waals surface area (Å²) in [5.41, 5.74) is 6.79. The summed E-state index contributed by atoms with van der Waals surface area (Å²) in [7, 11) is 3.22. The first kappa shape index (κ1) is 14.7. The van der Waals surface area contributed by atoms with E-state index in [4.69, 9.17) is 15.2 Å². The number of nitrogens with two attached hydrogens (primary N) is 1. The number of nitrogens with zero attached hydrogens (tertiary/aromatic N) is 1. The van der Waals surface area contributed by atoms with Crippen molar-refractivity contribution in [2.45, 2.75) is 31.8 Å². The average Bonchev–Trinajstić information content (AvgIpc) is 2.94. The molecule has 1 aliphatic heterocycles. The first-order chi connectivity index (χ1) is 9.58. The molecule has 2 N–H and O–H groups in total. The van der Waals surface area contributed by atoms with Crippen LogP contribution in [-0.4, -0.2) is 37.6 Å². The van der Waals surface area contributed by atoms with Crippen molar-refractivity contribution in [1.29, 1.82) is 0 Å². The maximum atomic E-state index is 12.2. The van der Waals surface area contributed by atoms with Crippen molar-refractivity contribution in [3.8, 4) is 11.5 Å². The van der Waals surface area contributed by atoms with Crippen molar-refractivity contribution in [3.05, 3.63) is 23.8 Å². The number of carbonyl (C=O) groups is 1. The van der Waals surface area contributed by atoms with Crippen LogP contribution in [0.5, 0.6) is 11.5 Å². The molecule has 1 amide bonds. The number of hydrogen-bond acceptors (Lipinski definition) is 4. The number of carbonyl (C=O) groups excluding carboxylic acids is 1. The largest absolute Gasteiger partial charge is 0.493 e. The fourth-order valence-electron chi connectivity index (χ4n) is 2.70. The van der Waals surface area contributed by atoms with Crippen LogP contribution >= 0.6 is 0 Å². The third-order valence-corrected chi connectivity index (χ3v) is 3.72. The van der Waals surface area contributed by atoms with E-state index in [9.17, 15) is 4.79 Å². The van der Waals surface area contributed by atoms with Gasteiger partial charge in [0.2, 0.25) is 5.91 Å². The lowest BCUT2D eigenvalue weighted by molar-refractivity contribution is -0.133. The molecule has 0 bridgehead atoms. The van der Waals surface area contributed by atoms with Crippen molar-refractivity contribution >= 4 is 5.91 Å². The van der Waals surface area contributed by atoms with E-state index >= 15 is 0 Å². The topological polar surface area (TPSA) is 64.8 Å². The second-order valence-corrected chi connectivity index (χ2v) is 5.09. The molecule has 0 radical (unpaired) electrons. The van der Waals surface area contributed by atoms with E-state index < -0.39 is 6.04 Å². The number of rotatable bonds is 4. The van der Waals surface area contributed by atoms with Crippen LogP contribution in [0.4, 0.5) is 0 Å². The highest BCUT2D eigenvalue weighted by Gasteiger charge is 2.31. The lowest BCUT2D eigenvalue weighted by Crippen LogP contribution is -2.41. The molecule has 0 aliphatic carbocycles. The number of ether oxygens (including phenoxy) is 2. The number of likely N-dealkylation sites (tertiary alicyclic amines) is 1. The van der Waals surface area contributed by atoms with Gasteiger partial charge in [0, 0.05) is 6.54 Å². The molecule has 110 valence electrons. The summed E-state index contributed by atoms with van der Waals surface area (Å²) in [6.45, 7) is 2.49. The molecule has 20 heavy (non-hydrogen) atoms.